The summed E-state index contributed by atoms with van der Waals surface area (Å²) in [5.41, 5.74) is 0. The van der Waals surface area contributed by atoms with E-state index in [0.717, 1.165) is 0 Å². The highest BCUT2D eigenvalue weighted by Crippen LogP contribution is 2.30. The van der Waals surface area contributed by atoms with Gasteiger partial charge in [-0.3, -0.25) is 0 Å². The minimum atomic E-state index is -0.822. The molecule has 16 heavy (non-hydrogen) atoms. The van der Waals surface area contributed by atoms with E-state index in [9.17, 15) is 10.1 Å². The SMILES string of the molecule is C=CCO[C@H]1CO[C@H]2[C@@H]1OC[C@H]2O[N+](=O)[O-]. The van der Waals surface area contributed by atoms with Gasteiger partial charge in [0.2, 0.25) is 0 Å². The molecule has 0 unspecified atom stereocenters. The van der Waals surface area contributed by atoms with Crippen LogP contribution in [0.3, 0.4) is 0 Å². The first-order valence-electron chi connectivity index (χ1n) is 4.99. The van der Waals surface area contributed by atoms with Crippen molar-refractivity contribution in [1.29, 1.82) is 0 Å². The third-order valence-corrected chi connectivity index (χ3v) is 2.61. The average molecular weight is 231 g/mol. The van der Waals surface area contributed by atoms with Gasteiger partial charge in [-0.2, -0.15) is 0 Å². The Labute approximate surface area is 92.0 Å². The Kier molecular flexibility index (Phi) is 3.37. The summed E-state index contributed by atoms with van der Waals surface area (Å²) in [5.74, 6) is 0. The predicted octanol–water partition coefficient (Wildman–Crippen LogP) is -0.0679. The van der Waals surface area contributed by atoms with Crippen LogP contribution in [0.25, 0.3) is 0 Å². The number of ether oxygens (including phenoxy) is 3. The van der Waals surface area contributed by atoms with E-state index in [0.29, 0.717) is 13.2 Å². The van der Waals surface area contributed by atoms with Gasteiger partial charge in [-0.05, 0) is 0 Å². The van der Waals surface area contributed by atoms with E-state index >= 15 is 0 Å². The van der Waals surface area contributed by atoms with Crippen molar-refractivity contribution in [1.82, 2.24) is 0 Å². The van der Waals surface area contributed by atoms with Gasteiger partial charge in [-0.25, -0.2) is 0 Å². The van der Waals surface area contributed by atoms with Crippen LogP contribution in [0.1, 0.15) is 0 Å². The van der Waals surface area contributed by atoms with Crippen molar-refractivity contribution >= 4 is 0 Å². The average Bonchev–Trinajstić information content (AvgIpc) is 2.78. The van der Waals surface area contributed by atoms with E-state index in [4.69, 9.17) is 14.2 Å². The van der Waals surface area contributed by atoms with Crippen molar-refractivity contribution in [2.45, 2.75) is 24.4 Å². The monoisotopic (exact) mass is 231 g/mol. The molecule has 0 N–H and O–H groups in total. The minimum Gasteiger partial charge on any atom is -0.370 e. The van der Waals surface area contributed by atoms with Gasteiger partial charge in [-0.15, -0.1) is 16.7 Å². The van der Waals surface area contributed by atoms with Crippen molar-refractivity contribution in [3.63, 3.8) is 0 Å². The number of hydrogen-bond donors (Lipinski definition) is 0. The molecule has 0 aromatic heterocycles. The summed E-state index contributed by atoms with van der Waals surface area (Å²) in [6, 6.07) is 0. The fourth-order valence-corrected chi connectivity index (χ4v) is 1.96. The highest BCUT2D eigenvalue weighted by Gasteiger charge is 2.49. The molecule has 7 heteroatoms. The molecule has 0 spiro atoms. The van der Waals surface area contributed by atoms with Gasteiger partial charge in [-0.1, -0.05) is 6.08 Å². The van der Waals surface area contributed by atoms with Gasteiger partial charge >= 0.3 is 0 Å². The molecule has 0 aliphatic carbocycles. The van der Waals surface area contributed by atoms with Gasteiger partial charge in [0.1, 0.15) is 18.3 Å². The summed E-state index contributed by atoms with van der Waals surface area (Å²) in [6.45, 7) is 4.46. The zero-order valence-corrected chi connectivity index (χ0v) is 8.61. The molecule has 0 amide bonds. The normalized spacial score (nSPS) is 37.0. The van der Waals surface area contributed by atoms with Crippen LogP contribution in [0, 0.1) is 10.1 Å². The van der Waals surface area contributed by atoms with Crippen LogP contribution in [-0.2, 0) is 19.0 Å². The summed E-state index contributed by atoms with van der Waals surface area (Å²) in [7, 11) is 0. The van der Waals surface area contributed by atoms with Crippen LogP contribution >= 0.6 is 0 Å². The van der Waals surface area contributed by atoms with E-state index in [1.54, 1.807) is 6.08 Å². The Hall–Kier alpha value is -1.18. The highest BCUT2D eigenvalue weighted by molar-refractivity contribution is 4.95. The summed E-state index contributed by atoms with van der Waals surface area (Å²) in [5, 5.41) is 9.40. The molecule has 90 valence electrons. The maximum atomic E-state index is 10.2. The Balaban J connectivity index is 1.90. The van der Waals surface area contributed by atoms with Crippen molar-refractivity contribution in [2.75, 3.05) is 19.8 Å². The zero-order valence-electron chi connectivity index (χ0n) is 8.61. The van der Waals surface area contributed by atoms with Crippen LogP contribution in [-0.4, -0.2) is 49.3 Å². The van der Waals surface area contributed by atoms with Gasteiger partial charge in [0.15, 0.2) is 6.10 Å². The summed E-state index contributed by atoms with van der Waals surface area (Å²) in [4.78, 5) is 14.7. The Morgan fingerprint density at radius 2 is 2.00 bits per heavy atom. The molecule has 0 bridgehead atoms. The third-order valence-electron chi connectivity index (χ3n) is 2.61. The lowest BCUT2D eigenvalue weighted by Crippen LogP contribution is -2.35. The van der Waals surface area contributed by atoms with Gasteiger partial charge in [0.05, 0.1) is 19.8 Å². The lowest BCUT2D eigenvalue weighted by atomic mass is 10.1. The zero-order chi connectivity index (χ0) is 11.5. The molecule has 2 heterocycles. The maximum Gasteiger partial charge on any atom is 0.294 e. The van der Waals surface area contributed by atoms with Crippen LogP contribution in [0.5, 0.6) is 0 Å². The molecule has 2 rings (SSSR count). The molecule has 0 aromatic rings. The second kappa shape index (κ2) is 4.77. The molecule has 0 radical (unpaired) electrons. The first-order valence-corrected chi connectivity index (χ1v) is 4.99. The van der Waals surface area contributed by atoms with Gasteiger partial charge < -0.3 is 19.0 Å². The van der Waals surface area contributed by atoms with Crippen LogP contribution in [0.2, 0.25) is 0 Å². The number of hydrogen-bond acceptors (Lipinski definition) is 6. The van der Waals surface area contributed by atoms with Crippen LogP contribution in [0.4, 0.5) is 0 Å². The number of fused-ring (bicyclic) bond motifs is 1. The molecule has 0 aromatic carbocycles. The summed E-state index contributed by atoms with van der Waals surface area (Å²) in [6.07, 6.45) is 0.0682. The van der Waals surface area contributed by atoms with Gasteiger partial charge in [0, 0.05) is 0 Å². The lowest BCUT2D eigenvalue weighted by Gasteiger charge is -2.15. The standard InChI is InChI=1S/C9H13NO6/c1-2-3-13-6-4-14-9-7(16-10(11)12)5-15-8(6)9/h2,6-9H,1,3-5H2/t6-,7+,8+,9+/m0/s1. The van der Waals surface area contributed by atoms with Crippen molar-refractivity contribution < 1.29 is 24.1 Å². The summed E-state index contributed by atoms with van der Waals surface area (Å²) < 4.78 is 16.2. The molecule has 2 aliphatic rings. The molecular formula is C9H13NO6. The molecule has 2 fully saturated rings. The molecule has 2 saturated heterocycles. The van der Waals surface area contributed by atoms with E-state index in [-0.39, 0.29) is 18.8 Å². The minimum absolute atomic E-state index is 0.157. The van der Waals surface area contributed by atoms with Crippen LogP contribution in [0.15, 0.2) is 12.7 Å². The molecular weight excluding hydrogens is 218 g/mol. The number of rotatable bonds is 5. The van der Waals surface area contributed by atoms with Crippen LogP contribution < -0.4 is 0 Å². The maximum absolute atomic E-state index is 10.2. The van der Waals surface area contributed by atoms with E-state index in [2.05, 4.69) is 11.4 Å². The van der Waals surface area contributed by atoms with Gasteiger partial charge in [0.25, 0.3) is 5.09 Å². The van der Waals surface area contributed by atoms with E-state index in [1.807, 2.05) is 0 Å². The predicted molar refractivity (Wildman–Crippen MR) is 51.3 cm³/mol. The first-order chi connectivity index (χ1) is 7.72. The Morgan fingerprint density at radius 1 is 1.38 bits per heavy atom. The molecule has 7 nitrogen and oxygen atoms in total. The molecule has 2 aliphatic heterocycles. The van der Waals surface area contributed by atoms with Crippen molar-refractivity contribution in [3.05, 3.63) is 22.8 Å². The lowest BCUT2D eigenvalue weighted by molar-refractivity contribution is -0.769. The quantitative estimate of drug-likeness (QED) is 0.374. The first kappa shape index (κ1) is 11.3. The Morgan fingerprint density at radius 3 is 2.62 bits per heavy atom. The largest absolute Gasteiger partial charge is 0.370 e. The third kappa shape index (κ3) is 2.16. The molecule has 4 atom stereocenters. The smallest absolute Gasteiger partial charge is 0.294 e. The van der Waals surface area contributed by atoms with E-state index < -0.39 is 17.3 Å². The Bertz CT molecular complexity index is 283. The molecule has 0 saturated carbocycles. The topological polar surface area (TPSA) is 80.1 Å². The second-order valence-electron chi connectivity index (χ2n) is 3.62. The van der Waals surface area contributed by atoms with E-state index in [1.165, 1.54) is 0 Å². The number of nitrogens with zero attached hydrogens (tertiary/aromatic N) is 1. The fourth-order valence-electron chi connectivity index (χ4n) is 1.96. The van der Waals surface area contributed by atoms with Crippen molar-refractivity contribution in [3.8, 4) is 0 Å². The highest BCUT2D eigenvalue weighted by atomic mass is 17.0. The fraction of sp³-hybridized carbons (Fsp3) is 0.778. The second-order valence-corrected chi connectivity index (χ2v) is 3.62. The summed E-state index contributed by atoms with van der Waals surface area (Å²) >= 11 is 0. The van der Waals surface area contributed by atoms with Crippen molar-refractivity contribution in [2.24, 2.45) is 0 Å².